The van der Waals surface area contributed by atoms with Gasteiger partial charge in [-0.3, -0.25) is 4.98 Å². The molecule has 0 radical (unpaired) electrons. The lowest BCUT2D eigenvalue weighted by Gasteiger charge is -2.33. The summed E-state index contributed by atoms with van der Waals surface area (Å²) in [6, 6.07) is 12.0. The Hall–Kier alpha value is -1.83. The van der Waals surface area contributed by atoms with Crippen LogP contribution in [0, 0.1) is 5.82 Å². The molecule has 2 aromatic rings. The molecule has 5 nitrogen and oxygen atoms in total. The highest BCUT2D eigenvalue weighted by Gasteiger charge is 2.31. The molecule has 0 amide bonds. The van der Waals surface area contributed by atoms with Crippen molar-refractivity contribution >= 4 is 10.2 Å². The van der Waals surface area contributed by atoms with Crippen molar-refractivity contribution in [2.45, 2.75) is 18.8 Å². The summed E-state index contributed by atoms with van der Waals surface area (Å²) in [6.45, 7) is 0.945. The van der Waals surface area contributed by atoms with Crippen LogP contribution in [0.25, 0.3) is 11.3 Å². The molecule has 134 valence electrons. The summed E-state index contributed by atoms with van der Waals surface area (Å²) in [4.78, 5) is 4.67. The molecule has 1 aromatic carbocycles. The lowest BCUT2D eigenvalue weighted by Crippen LogP contribution is -2.45. The van der Waals surface area contributed by atoms with Crippen LogP contribution in [0.2, 0.25) is 0 Å². The Kier molecular flexibility index (Phi) is 5.17. The minimum Gasteiger partial charge on any atom is -0.252 e. The van der Waals surface area contributed by atoms with Crippen molar-refractivity contribution in [2.75, 3.05) is 27.2 Å². The smallest absolute Gasteiger partial charge is 0.252 e. The van der Waals surface area contributed by atoms with Crippen molar-refractivity contribution in [3.8, 4) is 11.3 Å². The van der Waals surface area contributed by atoms with Gasteiger partial charge < -0.3 is 0 Å². The predicted octanol–water partition coefficient (Wildman–Crippen LogP) is 2.87. The molecule has 1 fully saturated rings. The van der Waals surface area contributed by atoms with Crippen LogP contribution >= 0.6 is 0 Å². The molecule has 1 aromatic heterocycles. The fourth-order valence-electron chi connectivity index (χ4n) is 3.11. The van der Waals surface area contributed by atoms with Gasteiger partial charge in [-0.25, -0.2) is 4.39 Å². The van der Waals surface area contributed by atoms with E-state index in [1.165, 1.54) is 20.7 Å². The maximum absolute atomic E-state index is 13.5. The molecule has 0 unspecified atom stereocenters. The average molecular weight is 363 g/mol. The van der Waals surface area contributed by atoms with Gasteiger partial charge in [0.1, 0.15) is 5.82 Å². The van der Waals surface area contributed by atoms with Crippen molar-refractivity contribution in [2.24, 2.45) is 0 Å². The van der Waals surface area contributed by atoms with E-state index >= 15 is 0 Å². The van der Waals surface area contributed by atoms with Gasteiger partial charge in [0, 0.05) is 44.4 Å². The molecule has 1 aliphatic heterocycles. The Balaban J connectivity index is 1.86. The normalized spacial score (nSPS) is 19.3. The van der Waals surface area contributed by atoms with Crippen molar-refractivity contribution in [3.05, 3.63) is 54.0 Å². The van der Waals surface area contributed by atoms with E-state index in [0.717, 1.165) is 24.1 Å². The van der Waals surface area contributed by atoms with Gasteiger partial charge in [0.25, 0.3) is 10.2 Å². The summed E-state index contributed by atoms with van der Waals surface area (Å²) in [5, 5.41) is 0. The van der Waals surface area contributed by atoms with Crippen LogP contribution in [0.4, 0.5) is 4.39 Å². The van der Waals surface area contributed by atoms with Crippen molar-refractivity contribution < 1.29 is 12.8 Å². The average Bonchev–Trinajstić information content (AvgIpc) is 2.62. The van der Waals surface area contributed by atoms with Crippen molar-refractivity contribution in [3.63, 3.8) is 0 Å². The maximum Gasteiger partial charge on any atom is 0.281 e. The second-order valence-electron chi connectivity index (χ2n) is 6.45. The first-order chi connectivity index (χ1) is 11.9. The Labute approximate surface area is 148 Å². The Morgan fingerprint density at radius 1 is 1.20 bits per heavy atom. The summed E-state index contributed by atoms with van der Waals surface area (Å²) in [6.07, 6.45) is 1.68. The van der Waals surface area contributed by atoms with E-state index in [1.54, 1.807) is 20.2 Å². The molecule has 0 spiro atoms. The number of aromatic nitrogens is 1. The van der Waals surface area contributed by atoms with Gasteiger partial charge in [-0.2, -0.15) is 17.0 Å². The fraction of sp³-hybridized carbons (Fsp3) is 0.389. The third-order valence-corrected chi connectivity index (χ3v) is 6.39. The van der Waals surface area contributed by atoms with Crippen LogP contribution in [-0.4, -0.2) is 49.2 Å². The molecule has 0 aliphatic carbocycles. The molecule has 0 bridgehead atoms. The minimum atomic E-state index is -3.42. The molecular formula is C18H22FN3O2S. The second kappa shape index (κ2) is 7.19. The van der Waals surface area contributed by atoms with E-state index < -0.39 is 10.2 Å². The zero-order valence-corrected chi connectivity index (χ0v) is 15.2. The SMILES string of the molecule is CN(C)S(=O)(=O)N1CCC[C@@H](c2cccc(-c3cccc(F)c3)n2)C1. The standard InChI is InChI=1S/C18H22FN3O2S/c1-21(2)25(23,24)22-11-5-7-15(13-22)18-10-4-9-17(20-18)14-6-3-8-16(19)12-14/h3-4,6,8-10,12,15H,5,7,11,13H2,1-2H3/t15-/m1/s1. The zero-order chi connectivity index (χ0) is 18.0. The van der Waals surface area contributed by atoms with Crippen molar-refractivity contribution in [1.29, 1.82) is 0 Å². The van der Waals surface area contributed by atoms with E-state index in [-0.39, 0.29) is 11.7 Å². The Morgan fingerprint density at radius 3 is 2.68 bits per heavy atom. The number of nitrogens with zero attached hydrogens (tertiary/aromatic N) is 3. The van der Waals surface area contributed by atoms with E-state index in [9.17, 15) is 12.8 Å². The second-order valence-corrected chi connectivity index (χ2v) is 8.59. The summed E-state index contributed by atoms with van der Waals surface area (Å²) in [7, 11) is -0.333. The van der Waals surface area contributed by atoms with Crippen LogP contribution < -0.4 is 0 Å². The number of piperidine rings is 1. The van der Waals surface area contributed by atoms with Crippen LogP contribution in [0.3, 0.4) is 0 Å². The molecular weight excluding hydrogens is 341 g/mol. The molecule has 25 heavy (non-hydrogen) atoms. The number of pyridine rings is 1. The van der Waals surface area contributed by atoms with Gasteiger partial charge >= 0.3 is 0 Å². The highest BCUT2D eigenvalue weighted by molar-refractivity contribution is 7.86. The molecule has 2 heterocycles. The van der Waals surface area contributed by atoms with Gasteiger partial charge in [-0.05, 0) is 37.1 Å². The number of benzene rings is 1. The van der Waals surface area contributed by atoms with E-state index in [4.69, 9.17) is 0 Å². The molecule has 0 saturated carbocycles. The number of rotatable bonds is 4. The predicted molar refractivity (Wildman–Crippen MR) is 95.8 cm³/mol. The molecule has 3 rings (SSSR count). The monoisotopic (exact) mass is 363 g/mol. The third-order valence-electron chi connectivity index (χ3n) is 4.48. The molecule has 7 heteroatoms. The van der Waals surface area contributed by atoms with Crippen LogP contribution in [0.1, 0.15) is 24.5 Å². The van der Waals surface area contributed by atoms with Gasteiger partial charge in [-0.15, -0.1) is 0 Å². The number of halogens is 1. The van der Waals surface area contributed by atoms with E-state index in [2.05, 4.69) is 4.98 Å². The first kappa shape index (κ1) is 18.0. The first-order valence-electron chi connectivity index (χ1n) is 8.28. The summed E-state index contributed by atoms with van der Waals surface area (Å²) >= 11 is 0. The fourth-order valence-corrected chi connectivity index (χ4v) is 4.30. The van der Waals surface area contributed by atoms with Crippen molar-refractivity contribution in [1.82, 2.24) is 13.6 Å². The molecule has 1 atom stereocenters. The first-order valence-corrected chi connectivity index (χ1v) is 9.68. The number of hydrogen-bond donors (Lipinski definition) is 0. The van der Waals surface area contributed by atoms with E-state index in [1.807, 2.05) is 24.3 Å². The van der Waals surface area contributed by atoms with Crippen LogP contribution in [-0.2, 0) is 10.2 Å². The van der Waals surface area contributed by atoms with Gasteiger partial charge in [0.05, 0.1) is 5.69 Å². The van der Waals surface area contributed by atoms with E-state index in [0.29, 0.717) is 18.8 Å². The van der Waals surface area contributed by atoms with Gasteiger partial charge in [0.2, 0.25) is 0 Å². The van der Waals surface area contributed by atoms with Crippen LogP contribution in [0.5, 0.6) is 0 Å². The quantitative estimate of drug-likeness (QED) is 0.839. The topological polar surface area (TPSA) is 53.5 Å². The lowest BCUT2D eigenvalue weighted by molar-refractivity contribution is 0.296. The molecule has 1 aliphatic rings. The van der Waals surface area contributed by atoms with Gasteiger partial charge in [0.15, 0.2) is 0 Å². The Bertz CT molecular complexity index is 855. The summed E-state index contributed by atoms with van der Waals surface area (Å²) < 4.78 is 41.0. The molecule has 0 N–H and O–H groups in total. The maximum atomic E-state index is 13.5. The minimum absolute atomic E-state index is 0.0389. The lowest BCUT2D eigenvalue weighted by atomic mass is 9.95. The largest absolute Gasteiger partial charge is 0.281 e. The number of hydrogen-bond acceptors (Lipinski definition) is 3. The molecule has 1 saturated heterocycles. The highest BCUT2D eigenvalue weighted by Crippen LogP contribution is 2.29. The van der Waals surface area contributed by atoms with Gasteiger partial charge in [-0.1, -0.05) is 18.2 Å². The highest BCUT2D eigenvalue weighted by atomic mass is 32.2. The summed E-state index contributed by atoms with van der Waals surface area (Å²) in [5.74, 6) is -0.261. The Morgan fingerprint density at radius 2 is 1.96 bits per heavy atom. The zero-order valence-electron chi connectivity index (χ0n) is 14.4. The summed E-state index contributed by atoms with van der Waals surface area (Å²) in [5.41, 5.74) is 2.26. The third kappa shape index (κ3) is 3.89. The van der Waals surface area contributed by atoms with Crippen LogP contribution in [0.15, 0.2) is 42.5 Å².